The Morgan fingerprint density at radius 1 is 1.15 bits per heavy atom. The highest BCUT2D eigenvalue weighted by Crippen LogP contribution is 2.41. The van der Waals surface area contributed by atoms with E-state index in [4.69, 9.17) is 27.4 Å². The highest BCUT2D eigenvalue weighted by Gasteiger charge is 2.54. The van der Waals surface area contributed by atoms with Crippen molar-refractivity contribution >= 4 is 46.9 Å². The maximum Gasteiger partial charge on any atom is 0.356 e. The number of rotatable bonds is 7. The van der Waals surface area contributed by atoms with E-state index in [0.717, 1.165) is 11.1 Å². The van der Waals surface area contributed by atoms with E-state index >= 15 is 0 Å². The van der Waals surface area contributed by atoms with Crippen LogP contribution in [0.15, 0.2) is 71.9 Å². The standard InChI is InChI=1S/C24H23N3O5S2/c1-14(28)31-12-17-13-34-22-18(26-24(25)33)21(29)27(22)19(17)23(30)32-20(15-8-4-2-5-9-15)16-10-6-3-7-11-16/h2-11,18,20,22H,12-13H2,1H3,(H3,25,26,33). The SMILES string of the molecule is CC(=O)OCC1=C(C(=O)OC(c2ccccc2)c2ccccc2)N2C(=O)C(NC(N)=S)C2SC1. The van der Waals surface area contributed by atoms with Crippen molar-refractivity contribution in [3.63, 3.8) is 0 Å². The Bertz CT molecular complexity index is 1100. The van der Waals surface area contributed by atoms with Crippen molar-refractivity contribution in [1.29, 1.82) is 0 Å². The van der Waals surface area contributed by atoms with Crippen LogP contribution in [0.4, 0.5) is 0 Å². The summed E-state index contributed by atoms with van der Waals surface area (Å²) in [6.45, 7) is 1.17. The Balaban J connectivity index is 1.67. The molecule has 2 aliphatic rings. The first-order valence-corrected chi connectivity index (χ1v) is 12.0. The summed E-state index contributed by atoms with van der Waals surface area (Å²) in [6.07, 6.45) is -0.688. The third-order valence-electron chi connectivity index (χ3n) is 5.42. The number of carbonyl (C=O) groups excluding carboxylic acids is 3. The molecule has 0 aliphatic carbocycles. The van der Waals surface area contributed by atoms with Gasteiger partial charge in [0.05, 0.1) is 0 Å². The van der Waals surface area contributed by atoms with E-state index in [9.17, 15) is 14.4 Å². The number of esters is 2. The highest BCUT2D eigenvalue weighted by atomic mass is 32.2. The number of benzene rings is 2. The van der Waals surface area contributed by atoms with Crippen LogP contribution in [0.1, 0.15) is 24.2 Å². The second-order valence-electron chi connectivity index (χ2n) is 7.74. The molecular formula is C24H23N3O5S2. The zero-order valence-corrected chi connectivity index (χ0v) is 19.9. The van der Waals surface area contributed by atoms with Crippen molar-refractivity contribution in [2.45, 2.75) is 24.4 Å². The van der Waals surface area contributed by atoms with E-state index in [1.165, 1.54) is 23.6 Å². The van der Waals surface area contributed by atoms with Crippen LogP contribution in [0.25, 0.3) is 0 Å². The molecule has 2 aromatic rings. The molecule has 0 saturated carbocycles. The van der Waals surface area contributed by atoms with E-state index in [1.54, 1.807) is 0 Å². The van der Waals surface area contributed by atoms with Gasteiger partial charge in [0.2, 0.25) is 0 Å². The van der Waals surface area contributed by atoms with Crippen LogP contribution in [0, 0.1) is 0 Å². The lowest BCUT2D eigenvalue weighted by molar-refractivity contribution is -0.153. The number of β-lactam (4-membered cyclic amide) rings is 1. The first-order valence-electron chi connectivity index (χ1n) is 10.5. The van der Waals surface area contributed by atoms with Crippen molar-refractivity contribution in [2.75, 3.05) is 12.4 Å². The summed E-state index contributed by atoms with van der Waals surface area (Å²) in [5.74, 6) is -1.13. The maximum atomic E-state index is 13.6. The minimum atomic E-state index is -0.688. The van der Waals surface area contributed by atoms with Gasteiger partial charge < -0.3 is 20.5 Å². The van der Waals surface area contributed by atoms with Gasteiger partial charge in [-0.05, 0) is 23.3 Å². The average molecular weight is 498 g/mol. The molecule has 3 N–H and O–H groups in total. The summed E-state index contributed by atoms with van der Waals surface area (Å²) >= 11 is 6.31. The van der Waals surface area contributed by atoms with Crippen LogP contribution in [0.5, 0.6) is 0 Å². The van der Waals surface area contributed by atoms with Gasteiger partial charge >= 0.3 is 11.9 Å². The van der Waals surface area contributed by atoms with Crippen molar-refractivity contribution in [2.24, 2.45) is 5.73 Å². The van der Waals surface area contributed by atoms with Gasteiger partial charge in [0.25, 0.3) is 5.91 Å². The first-order chi connectivity index (χ1) is 16.4. The summed E-state index contributed by atoms with van der Waals surface area (Å²) < 4.78 is 11.2. The fraction of sp³-hybridized carbons (Fsp3) is 0.250. The Labute approximate surface area is 206 Å². The number of hydrogen-bond acceptors (Lipinski definition) is 7. The molecule has 1 amide bonds. The van der Waals surface area contributed by atoms with Crippen LogP contribution in [0.2, 0.25) is 0 Å². The number of thiocarbonyl (C=S) groups is 1. The Morgan fingerprint density at radius 3 is 2.26 bits per heavy atom. The molecular weight excluding hydrogens is 474 g/mol. The molecule has 0 aromatic heterocycles. The van der Waals surface area contributed by atoms with Crippen molar-refractivity contribution < 1.29 is 23.9 Å². The molecule has 8 nitrogen and oxygen atoms in total. The topological polar surface area (TPSA) is 111 Å². The van der Waals surface area contributed by atoms with E-state index < -0.39 is 24.1 Å². The zero-order valence-electron chi connectivity index (χ0n) is 18.3. The van der Waals surface area contributed by atoms with Crippen molar-refractivity contribution in [3.05, 3.63) is 83.1 Å². The first kappa shape index (κ1) is 23.8. The number of fused-ring (bicyclic) bond motifs is 1. The fourth-order valence-corrected chi connectivity index (χ4v) is 5.33. The third kappa shape index (κ3) is 4.92. The average Bonchev–Trinajstić information content (AvgIpc) is 2.84. The number of ether oxygens (including phenoxy) is 2. The van der Waals surface area contributed by atoms with Gasteiger partial charge in [-0.15, -0.1) is 11.8 Å². The van der Waals surface area contributed by atoms with E-state index in [1.807, 2.05) is 60.7 Å². The fourth-order valence-electron chi connectivity index (χ4n) is 3.87. The molecule has 1 saturated heterocycles. The number of nitrogens with zero attached hydrogens (tertiary/aromatic N) is 1. The minimum Gasteiger partial charge on any atom is -0.461 e. The van der Waals surface area contributed by atoms with Gasteiger partial charge in [0.1, 0.15) is 23.7 Å². The lowest BCUT2D eigenvalue weighted by Crippen LogP contribution is -2.71. The van der Waals surface area contributed by atoms with Crippen LogP contribution in [-0.2, 0) is 23.9 Å². The molecule has 0 bridgehead atoms. The third-order valence-corrected chi connectivity index (χ3v) is 6.88. The number of carbonyl (C=O) groups is 3. The van der Waals surface area contributed by atoms with E-state index in [2.05, 4.69) is 5.32 Å². The molecule has 2 aromatic carbocycles. The van der Waals surface area contributed by atoms with Gasteiger partial charge in [0, 0.05) is 18.2 Å². The summed E-state index contributed by atoms with van der Waals surface area (Å²) in [6, 6.07) is 18.1. The summed E-state index contributed by atoms with van der Waals surface area (Å²) in [5, 5.41) is 2.40. The number of thioether (sulfide) groups is 1. The van der Waals surface area contributed by atoms with Crippen molar-refractivity contribution in [3.8, 4) is 0 Å². The lowest BCUT2D eigenvalue weighted by atomic mass is 10.0. The Kier molecular flexibility index (Phi) is 7.18. The molecule has 0 spiro atoms. The van der Waals surface area contributed by atoms with Gasteiger partial charge in [-0.3, -0.25) is 14.5 Å². The van der Waals surface area contributed by atoms with Crippen LogP contribution in [-0.4, -0.2) is 51.6 Å². The molecule has 2 atom stereocenters. The molecule has 34 heavy (non-hydrogen) atoms. The van der Waals surface area contributed by atoms with Crippen LogP contribution in [0.3, 0.4) is 0 Å². The molecule has 2 heterocycles. The zero-order chi connectivity index (χ0) is 24.2. The number of nitrogens with one attached hydrogen (secondary N) is 1. The minimum absolute atomic E-state index is 0.00522. The van der Waals surface area contributed by atoms with E-state index in [-0.39, 0.29) is 28.7 Å². The largest absolute Gasteiger partial charge is 0.461 e. The molecule has 0 radical (unpaired) electrons. The summed E-state index contributed by atoms with van der Waals surface area (Å²) in [7, 11) is 0. The second-order valence-corrected chi connectivity index (χ2v) is 9.28. The normalized spacial score (nSPS) is 19.2. The van der Waals surface area contributed by atoms with Gasteiger partial charge in [-0.25, -0.2) is 4.79 Å². The molecule has 2 unspecified atom stereocenters. The number of hydrogen-bond donors (Lipinski definition) is 2. The van der Waals surface area contributed by atoms with E-state index in [0.29, 0.717) is 11.3 Å². The molecule has 176 valence electrons. The highest BCUT2D eigenvalue weighted by molar-refractivity contribution is 8.00. The molecule has 10 heteroatoms. The maximum absolute atomic E-state index is 13.6. The lowest BCUT2D eigenvalue weighted by Gasteiger charge is -2.49. The monoisotopic (exact) mass is 497 g/mol. The van der Waals surface area contributed by atoms with Crippen LogP contribution >= 0.6 is 24.0 Å². The Morgan fingerprint density at radius 2 is 1.74 bits per heavy atom. The van der Waals surface area contributed by atoms with Crippen molar-refractivity contribution in [1.82, 2.24) is 10.2 Å². The number of nitrogens with two attached hydrogens (primary N) is 1. The summed E-state index contributed by atoms with van der Waals surface area (Å²) in [4.78, 5) is 39.3. The quantitative estimate of drug-likeness (QED) is 0.338. The number of amides is 1. The van der Waals surface area contributed by atoms with Crippen LogP contribution < -0.4 is 11.1 Å². The molecule has 4 rings (SSSR count). The second kappa shape index (κ2) is 10.3. The van der Waals surface area contributed by atoms with Gasteiger partial charge in [-0.1, -0.05) is 60.7 Å². The van der Waals surface area contributed by atoms with Gasteiger partial charge in [-0.2, -0.15) is 0 Å². The predicted molar refractivity (Wildman–Crippen MR) is 131 cm³/mol. The Hall–Kier alpha value is -3.37. The van der Waals surface area contributed by atoms with Gasteiger partial charge in [0.15, 0.2) is 11.2 Å². The summed E-state index contributed by atoms with van der Waals surface area (Å²) in [5.41, 5.74) is 7.73. The predicted octanol–water partition coefficient (Wildman–Crippen LogP) is 2.25. The smallest absolute Gasteiger partial charge is 0.356 e. The molecule has 1 fully saturated rings. The molecule has 2 aliphatic heterocycles.